The summed E-state index contributed by atoms with van der Waals surface area (Å²) in [6.45, 7) is 3.60. The van der Waals surface area contributed by atoms with Gasteiger partial charge < -0.3 is 14.8 Å². The normalized spacial score (nSPS) is 23.9. The van der Waals surface area contributed by atoms with Crippen LogP contribution in [0.3, 0.4) is 0 Å². The largest absolute Gasteiger partial charge is 0.490 e. The molecule has 0 bridgehead atoms. The molecule has 2 heterocycles. The fourth-order valence-corrected chi connectivity index (χ4v) is 3.94. The van der Waals surface area contributed by atoms with E-state index in [1.165, 1.54) is 0 Å². The third kappa shape index (κ3) is 4.76. The van der Waals surface area contributed by atoms with Gasteiger partial charge in [-0.15, -0.1) is 0 Å². The van der Waals surface area contributed by atoms with Gasteiger partial charge in [0.15, 0.2) is 0 Å². The first-order valence-electron chi connectivity index (χ1n) is 9.87. The Morgan fingerprint density at radius 1 is 1.19 bits per heavy atom. The Labute approximate surface area is 159 Å². The monoisotopic (exact) mass is 369 g/mol. The minimum Gasteiger partial charge on any atom is -0.490 e. The van der Waals surface area contributed by atoms with E-state index in [4.69, 9.17) is 9.47 Å². The maximum absolute atomic E-state index is 12.3. The lowest BCUT2D eigenvalue weighted by Crippen LogP contribution is -2.47. The number of rotatable bonds is 5. The zero-order valence-electron chi connectivity index (χ0n) is 15.6. The first-order valence-corrected chi connectivity index (χ1v) is 9.87. The predicted octanol–water partition coefficient (Wildman–Crippen LogP) is 2.37. The second-order valence-electron chi connectivity index (χ2n) is 7.40. The van der Waals surface area contributed by atoms with Gasteiger partial charge in [-0.3, -0.25) is 14.7 Å². The van der Waals surface area contributed by atoms with E-state index in [1.807, 2.05) is 24.4 Å². The van der Waals surface area contributed by atoms with Crippen LogP contribution in [0.4, 0.5) is 0 Å². The number of carbonyl (C=O) groups excluding carboxylic acids is 1. The number of hydrogen-bond donors (Lipinski definition) is 1. The molecule has 6 nitrogen and oxygen atoms in total. The van der Waals surface area contributed by atoms with Gasteiger partial charge in [-0.2, -0.15) is 0 Å². The van der Waals surface area contributed by atoms with Gasteiger partial charge in [0.1, 0.15) is 5.75 Å². The molecule has 0 atom stereocenters. The van der Waals surface area contributed by atoms with Crippen LogP contribution in [0.2, 0.25) is 0 Å². The number of aromatic nitrogens is 1. The van der Waals surface area contributed by atoms with E-state index >= 15 is 0 Å². The lowest BCUT2D eigenvalue weighted by Gasteiger charge is -2.31. The molecule has 144 valence electrons. The highest BCUT2D eigenvalue weighted by molar-refractivity contribution is 5.87. The predicted molar refractivity (Wildman–Crippen MR) is 104 cm³/mol. The van der Waals surface area contributed by atoms with Gasteiger partial charge >= 0.3 is 0 Å². The number of benzene rings is 1. The van der Waals surface area contributed by atoms with Crippen LogP contribution >= 0.6 is 0 Å². The Morgan fingerprint density at radius 2 is 2.00 bits per heavy atom. The van der Waals surface area contributed by atoms with Gasteiger partial charge in [-0.05, 0) is 37.8 Å². The average molecular weight is 369 g/mol. The van der Waals surface area contributed by atoms with Crippen molar-refractivity contribution < 1.29 is 14.3 Å². The van der Waals surface area contributed by atoms with E-state index in [0.717, 1.165) is 68.5 Å². The summed E-state index contributed by atoms with van der Waals surface area (Å²) in [6.07, 6.45) is 7.72. The summed E-state index contributed by atoms with van der Waals surface area (Å²) < 4.78 is 11.6. The molecule has 1 amide bonds. The summed E-state index contributed by atoms with van der Waals surface area (Å²) in [5.74, 6) is 1.05. The highest BCUT2D eigenvalue weighted by atomic mass is 16.5. The molecule has 1 aromatic heterocycles. The minimum atomic E-state index is 0.128. The average Bonchev–Trinajstić information content (AvgIpc) is 2.70. The third-order valence-electron chi connectivity index (χ3n) is 5.44. The van der Waals surface area contributed by atoms with Crippen molar-refractivity contribution in [3.8, 4) is 5.75 Å². The first kappa shape index (κ1) is 18.2. The second-order valence-corrected chi connectivity index (χ2v) is 7.40. The van der Waals surface area contributed by atoms with Crippen molar-refractivity contribution in [1.29, 1.82) is 0 Å². The van der Waals surface area contributed by atoms with Crippen LogP contribution in [-0.2, 0) is 9.53 Å². The molecule has 1 saturated heterocycles. The van der Waals surface area contributed by atoms with E-state index in [1.54, 1.807) is 6.20 Å². The molecule has 2 fully saturated rings. The third-order valence-corrected chi connectivity index (χ3v) is 5.44. The zero-order valence-corrected chi connectivity index (χ0v) is 15.6. The van der Waals surface area contributed by atoms with Gasteiger partial charge in [0.05, 0.1) is 25.9 Å². The van der Waals surface area contributed by atoms with Crippen molar-refractivity contribution in [3.05, 3.63) is 36.7 Å². The number of amides is 1. The lowest BCUT2D eigenvalue weighted by molar-refractivity contribution is -0.124. The van der Waals surface area contributed by atoms with Crippen molar-refractivity contribution in [1.82, 2.24) is 15.2 Å². The fraction of sp³-hybridized carbons (Fsp3) is 0.524. The summed E-state index contributed by atoms with van der Waals surface area (Å²) in [6, 6.07) is 8.35. The van der Waals surface area contributed by atoms with Gasteiger partial charge in [0.2, 0.25) is 5.91 Å². The Balaban J connectivity index is 1.25. The molecule has 1 aromatic carbocycles. The molecule has 0 spiro atoms. The van der Waals surface area contributed by atoms with E-state index in [0.29, 0.717) is 6.54 Å². The van der Waals surface area contributed by atoms with Crippen LogP contribution in [0.1, 0.15) is 25.7 Å². The molecule has 4 rings (SSSR count). The number of hydrogen-bond acceptors (Lipinski definition) is 5. The number of nitrogens with one attached hydrogen (secondary N) is 1. The summed E-state index contributed by atoms with van der Waals surface area (Å²) in [7, 11) is 0. The maximum Gasteiger partial charge on any atom is 0.234 e. The molecular formula is C21H27N3O3. The smallest absolute Gasteiger partial charge is 0.234 e. The minimum absolute atomic E-state index is 0.128. The van der Waals surface area contributed by atoms with Crippen molar-refractivity contribution >= 4 is 16.7 Å². The van der Waals surface area contributed by atoms with Crippen molar-refractivity contribution in [3.63, 3.8) is 0 Å². The molecule has 2 aliphatic rings. The molecule has 1 aliphatic carbocycles. The van der Waals surface area contributed by atoms with E-state index in [-0.39, 0.29) is 18.1 Å². The molecule has 0 unspecified atom stereocenters. The number of carbonyl (C=O) groups is 1. The topological polar surface area (TPSA) is 63.7 Å². The van der Waals surface area contributed by atoms with E-state index in [2.05, 4.69) is 21.3 Å². The lowest BCUT2D eigenvalue weighted by atomic mass is 9.93. The zero-order chi connectivity index (χ0) is 18.5. The van der Waals surface area contributed by atoms with Gasteiger partial charge in [-0.25, -0.2) is 0 Å². The Morgan fingerprint density at radius 3 is 2.81 bits per heavy atom. The molecule has 2 aromatic rings. The molecular weight excluding hydrogens is 342 g/mol. The Hall–Kier alpha value is -2.18. The molecule has 0 radical (unpaired) electrons. The summed E-state index contributed by atoms with van der Waals surface area (Å²) in [5, 5.41) is 5.40. The summed E-state index contributed by atoms with van der Waals surface area (Å²) in [5.41, 5.74) is 0. The Bertz CT molecular complexity index is 763. The number of pyridine rings is 1. The van der Waals surface area contributed by atoms with Crippen LogP contribution < -0.4 is 10.1 Å². The number of morpholine rings is 1. The SMILES string of the molecule is O=C(CN1CCOCC1)NC1CCC(Oc2cccc3cnccc23)CC1. The fourth-order valence-electron chi connectivity index (χ4n) is 3.94. The van der Waals surface area contributed by atoms with Gasteiger partial charge in [0, 0.05) is 42.3 Å². The molecule has 27 heavy (non-hydrogen) atoms. The number of ether oxygens (including phenoxy) is 2. The van der Waals surface area contributed by atoms with Gasteiger partial charge in [-0.1, -0.05) is 12.1 Å². The van der Waals surface area contributed by atoms with Gasteiger partial charge in [0.25, 0.3) is 0 Å². The molecule has 1 saturated carbocycles. The summed E-state index contributed by atoms with van der Waals surface area (Å²) in [4.78, 5) is 18.6. The van der Waals surface area contributed by atoms with E-state index in [9.17, 15) is 4.79 Å². The van der Waals surface area contributed by atoms with Crippen LogP contribution in [0.5, 0.6) is 5.75 Å². The van der Waals surface area contributed by atoms with Crippen LogP contribution in [-0.4, -0.2) is 60.8 Å². The molecule has 6 heteroatoms. The first-order chi connectivity index (χ1) is 13.3. The maximum atomic E-state index is 12.3. The van der Waals surface area contributed by atoms with Crippen LogP contribution in [0.15, 0.2) is 36.7 Å². The number of fused-ring (bicyclic) bond motifs is 1. The highest BCUT2D eigenvalue weighted by Crippen LogP contribution is 2.29. The van der Waals surface area contributed by atoms with Crippen molar-refractivity contribution in [2.75, 3.05) is 32.8 Å². The highest BCUT2D eigenvalue weighted by Gasteiger charge is 2.25. The second kappa shape index (κ2) is 8.67. The van der Waals surface area contributed by atoms with Crippen molar-refractivity contribution in [2.24, 2.45) is 0 Å². The number of nitrogens with zero attached hydrogens (tertiary/aromatic N) is 2. The molecule has 1 N–H and O–H groups in total. The standard InChI is InChI=1S/C21H27N3O3/c25-21(15-24-10-12-26-13-11-24)23-17-4-6-18(7-5-17)27-20-3-1-2-16-14-22-9-8-19(16)20/h1-3,8-9,14,17-18H,4-7,10-13,15H2,(H,23,25). The van der Waals surface area contributed by atoms with Crippen molar-refractivity contribution in [2.45, 2.75) is 37.8 Å². The van der Waals surface area contributed by atoms with E-state index < -0.39 is 0 Å². The molecule has 1 aliphatic heterocycles. The van der Waals surface area contributed by atoms with Crippen LogP contribution in [0, 0.1) is 0 Å². The van der Waals surface area contributed by atoms with Crippen LogP contribution in [0.25, 0.3) is 10.8 Å². The summed E-state index contributed by atoms with van der Waals surface area (Å²) >= 11 is 0. The Kier molecular flexibility index (Phi) is 5.84. The quantitative estimate of drug-likeness (QED) is 0.877.